The number of hydrogen-bond donors (Lipinski definition) is 1. The zero-order chi connectivity index (χ0) is 24.6. The maximum atomic E-state index is 13.7. The van der Waals surface area contributed by atoms with E-state index >= 15 is 0 Å². The van der Waals surface area contributed by atoms with E-state index in [1.165, 1.54) is 0 Å². The topological polar surface area (TPSA) is 92.6 Å². The Bertz CT molecular complexity index is 1400. The number of likely N-dealkylation sites (tertiary alicyclic amines) is 1. The van der Waals surface area contributed by atoms with E-state index in [2.05, 4.69) is 16.8 Å². The molecule has 2 atom stereocenters. The van der Waals surface area contributed by atoms with Crippen molar-refractivity contribution >= 4 is 17.4 Å². The molecule has 2 fully saturated rings. The third-order valence-electron chi connectivity index (χ3n) is 7.36. The van der Waals surface area contributed by atoms with Gasteiger partial charge in [0.2, 0.25) is 0 Å². The number of hydrogen-bond acceptors (Lipinski definition) is 6. The van der Waals surface area contributed by atoms with Crippen LogP contribution in [0.2, 0.25) is 0 Å². The number of amides is 1. The van der Waals surface area contributed by atoms with Gasteiger partial charge >= 0.3 is 0 Å². The minimum absolute atomic E-state index is 0.0402. The van der Waals surface area contributed by atoms with Gasteiger partial charge in [0.1, 0.15) is 5.82 Å². The van der Waals surface area contributed by atoms with E-state index in [4.69, 9.17) is 15.8 Å². The Labute approximate surface area is 210 Å². The van der Waals surface area contributed by atoms with Crippen LogP contribution in [0.25, 0.3) is 16.8 Å². The molecule has 6 rings (SSSR count). The van der Waals surface area contributed by atoms with Gasteiger partial charge in [0.05, 0.1) is 11.7 Å². The normalized spacial score (nSPS) is 20.3. The van der Waals surface area contributed by atoms with Gasteiger partial charge in [-0.1, -0.05) is 18.2 Å². The predicted molar refractivity (Wildman–Crippen MR) is 140 cm³/mol. The maximum Gasteiger partial charge on any atom is 0.254 e. The molecule has 36 heavy (non-hydrogen) atoms. The molecule has 1 amide bonds. The summed E-state index contributed by atoms with van der Waals surface area (Å²) in [6.07, 6.45) is 9.56. The summed E-state index contributed by atoms with van der Waals surface area (Å²) in [7, 11) is 0. The molecule has 8 nitrogen and oxygen atoms in total. The van der Waals surface area contributed by atoms with Gasteiger partial charge < -0.3 is 15.5 Å². The fourth-order valence-corrected chi connectivity index (χ4v) is 5.50. The number of fused-ring (bicyclic) bond motifs is 1. The highest BCUT2D eigenvalue weighted by Crippen LogP contribution is 2.33. The first-order valence-electron chi connectivity index (χ1n) is 12.8. The first-order chi connectivity index (χ1) is 17.6. The third-order valence-corrected chi connectivity index (χ3v) is 7.36. The molecule has 0 spiro atoms. The van der Waals surface area contributed by atoms with E-state index in [0.29, 0.717) is 5.56 Å². The van der Waals surface area contributed by atoms with Gasteiger partial charge in [0.15, 0.2) is 5.65 Å². The molecule has 3 aromatic heterocycles. The van der Waals surface area contributed by atoms with Crippen molar-refractivity contribution in [3.05, 3.63) is 77.9 Å². The van der Waals surface area contributed by atoms with Crippen molar-refractivity contribution in [1.82, 2.24) is 24.5 Å². The summed E-state index contributed by atoms with van der Waals surface area (Å²) in [6.45, 7) is 4.54. The largest absolute Gasteiger partial charge is 0.355 e. The summed E-state index contributed by atoms with van der Waals surface area (Å²) in [5.41, 5.74) is 11.6. The molecular weight excluding hydrogens is 450 g/mol. The molecule has 5 heterocycles. The van der Waals surface area contributed by atoms with Gasteiger partial charge in [0.25, 0.3) is 5.91 Å². The Balaban J connectivity index is 1.30. The predicted octanol–water partition coefficient (Wildman–Crippen LogP) is 4.00. The van der Waals surface area contributed by atoms with E-state index < -0.39 is 0 Å². The lowest BCUT2D eigenvalue weighted by molar-refractivity contribution is 0.0605. The maximum absolute atomic E-state index is 13.7. The van der Waals surface area contributed by atoms with Crippen LogP contribution in [-0.2, 0) is 0 Å². The number of nitrogens with zero attached hydrogens (tertiary/aromatic N) is 6. The molecule has 0 saturated carbocycles. The summed E-state index contributed by atoms with van der Waals surface area (Å²) in [6, 6.07) is 13.9. The molecule has 2 aliphatic rings. The van der Waals surface area contributed by atoms with E-state index in [1.54, 1.807) is 6.20 Å². The van der Waals surface area contributed by atoms with E-state index in [0.717, 1.165) is 79.2 Å². The Morgan fingerprint density at radius 3 is 2.75 bits per heavy atom. The number of carbonyl (C=O) groups is 1. The highest BCUT2D eigenvalue weighted by Gasteiger charge is 2.31. The minimum atomic E-state index is -0.0704. The van der Waals surface area contributed by atoms with Gasteiger partial charge in [0, 0.05) is 67.0 Å². The van der Waals surface area contributed by atoms with Crippen LogP contribution in [0.5, 0.6) is 0 Å². The third kappa shape index (κ3) is 4.22. The standard InChI is InChI=1S/C28H31N7O/c1-19-17-35-26(31-27(19)33-13-10-23(29)18-33)15-24(32-35)25-9-2-3-12-34(25)28(36)21-7-4-6-20(14-21)22-8-5-11-30-16-22/h4-8,11,14-17,23,25H,2-3,9-10,12-13,18,29H2,1H3/t23-,25-/m0/s1. The second kappa shape index (κ2) is 9.35. The highest BCUT2D eigenvalue weighted by molar-refractivity contribution is 5.95. The molecule has 2 aliphatic heterocycles. The number of nitrogens with two attached hydrogens (primary N) is 1. The number of piperidine rings is 1. The smallest absolute Gasteiger partial charge is 0.254 e. The summed E-state index contributed by atoms with van der Waals surface area (Å²) >= 11 is 0. The quantitative estimate of drug-likeness (QED) is 0.474. The lowest BCUT2D eigenvalue weighted by Crippen LogP contribution is -2.38. The first-order valence-corrected chi connectivity index (χ1v) is 12.8. The highest BCUT2D eigenvalue weighted by atomic mass is 16.2. The van der Waals surface area contributed by atoms with Crippen molar-refractivity contribution in [2.75, 3.05) is 24.5 Å². The summed E-state index contributed by atoms with van der Waals surface area (Å²) in [5.74, 6) is 1.02. The van der Waals surface area contributed by atoms with Crippen molar-refractivity contribution < 1.29 is 4.79 Å². The van der Waals surface area contributed by atoms with Crippen molar-refractivity contribution in [2.24, 2.45) is 5.73 Å². The SMILES string of the molecule is Cc1cn2nc([C@@H]3CCCCN3C(=O)c3cccc(-c4cccnc4)c3)cc2nc1N1CC[C@H](N)C1. The second-order valence-electron chi connectivity index (χ2n) is 9.95. The van der Waals surface area contributed by atoms with Gasteiger partial charge in [-0.3, -0.25) is 9.78 Å². The van der Waals surface area contributed by atoms with Gasteiger partial charge in [-0.15, -0.1) is 0 Å². The fourth-order valence-electron chi connectivity index (χ4n) is 5.50. The van der Waals surface area contributed by atoms with E-state index in [9.17, 15) is 4.79 Å². The fraction of sp³-hybridized carbons (Fsp3) is 0.357. The minimum Gasteiger partial charge on any atom is -0.355 e. The molecule has 0 unspecified atom stereocenters. The number of pyridine rings is 1. The molecule has 0 radical (unpaired) electrons. The summed E-state index contributed by atoms with van der Waals surface area (Å²) in [5, 5.41) is 4.88. The number of rotatable bonds is 4. The van der Waals surface area contributed by atoms with Crippen LogP contribution < -0.4 is 10.6 Å². The molecule has 8 heteroatoms. The second-order valence-corrected chi connectivity index (χ2v) is 9.95. The van der Waals surface area contributed by atoms with Crippen molar-refractivity contribution in [3.63, 3.8) is 0 Å². The number of aromatic nitrogens is 4. The van der Waals surface area contributed by atoms with Crippen LogP contribution in [0.3, 0.4) is 0 Å². The summed E-state index contributed by atoms with van der Waals surface area (Å²) < 4.78 is 1.85. The van der Waals surface area contributed by atoms with Crippen LogP contribution >= 0.6 is 0 Å². The monoisotopic (exact) mass is 481 g/mol. The van der Waals surface area contributed by atoms with Crippen LogP contribution in [0.15, 0.2) is 61.1 Å². The molecule has 1 aromatic carbocycles. The number of aryl methyl sites for hydroxylation is 1. The van der Waals surface area contributed by atoms with Gasteiger partial charge in [-0.25, -0.2) is 9.50 Å². The van der Waals surface area contributed by atoms with Crippen molar-refractivity contribution in [2.45, 2.75) is 44.7 Å². The van der Waals surface area contributed by atoms with Crippen LogP contribution in [0.1, 0.15) is 53.3 Å². The Morgan fingerprint density at radius 2 is 1.94 bits per heavy atom. The van der Waals surface area contributed by atoms with Crippen LogP contribution in [0.4, 0.5) is 5.82 Å². The molecular formula is C28H31N7O. The zero-order valence-electron chi connectivity index (χ0n) is 20.5. The average molecular weight is 482 g/mol. The van der Waals surface area contributed by atoms with Gasteiger partial charge in [-0.05, 0) is 56.4 Å². The number of anilines is 1. The molecule has 0 bridgehead atoms. The Hall–Kier alpha value is -3.78. The summed E-state index contributed by atoms with van der Waals surface area (Å²) in [4.78, 5) is 27.1. The van der Waals surface area contributed by atoms with Gasteiger partial charge in [-0.2, -0.15) is 5.10 Å². The number of benzene rings is 1. The number of carbonyl (C=O) groups excluding carboxylic acids is 1. The molecule has 0 aliphatic carbocycles. The van der Waals surface area contributed by atoms with E-state index in [-0.39, 0.29) is 18.0 Å². The lowest BCUT2D eigenvalue weighted by atomic mass is 9.97. The molecule has 2 saturated heterocycles. The van der Waals surface area contributed by atoms with Crippen molar-refractivity contribution in [1.29, 1.82) is 0 Å². The molecule has 2 N–H and O–H groups in total. The van der Waals surface area contributed by atoms with Crippen LogP contribution in [0, 0.1) is 6.92 Å². The Morgan fingerprint density at radius 1 is 1.06 bits per heavy atom. The molecule has 4 aromatic rings. The molecule has 184 valence electrons. The van der Waals surface area contributed by atoms with Crippen molar-refractivity contribution in [3.8, 4) is 11.1 Å². The average Bonchev–Trinajstić information content (AvgIpc) is 3.54. The first kappa shape index (κ1) is 22.7. The van der Waals surface area contributed by atoms with E-state index in [1.807, 2.05) is 64.3 Å². The lowest BCUT2D eigenvalue weighted by Gasteiger charge is -2.34. The zero-order valence-corrected chi connectivity index (χ0v) is 20.5. The Kier molecular flexibility index (Phi) is 5.89. The van der Waals surface area contributed by atoms with Crippen LogP contribution in [-0.4, -0.2) is 56.1 Å².